The van der Waals surface area contributed by atoms with E-state index in [-0.39, 0.29) is 17.9 Å². The summed E-state index contributed by atoms with van der Waals surface area (Å²) < 4.78 is 5.67. The van der Waals surface area contributed by atoms with Gasteiger partial charge in [-0.2, -0.15) is 0 Å². The van der Waals surface area contributed by atoms with Crippen LogP contribution in [0.25, 0.3) is 0 Å². The first-order valence-corrected chi connectivity index (χ1v) is 8.85. The van der Waals surface area contributed by atoms with Gasteiger partial charge in [0.15, 0.2) is 0 Å². The summed E-state index contributed by atoms with van der Waals surface area (Å²) in [4.78, 5) is 23.4. The Morgan fingerprint density at radius 3 is 2.64 bits per heavy atom. The third-order valence-corrected chi connectivity index (χ3v) is 4.98. The fraction of sp³-hybridized carbons (Fsp3) is 0.421. The summed E-state index contributed by atoms with van der Waals surface area (Å²) in [7, 11) is 0. The average molecular weight is 338 g/mol. The van der Waals surface area contributed by atoms with Crippen LogP contribution >= 0.6 is 0 Å². The smallest absolute Gasteiger partial charge is 0.225 e. The summed E-state index contributed by atoms with van der Waals surface area (Å²) in [6.45, 7) is 2.27. The van der Waals surface area contributed by atoms with E-state index >= 15 is 0 Å². The number of hydrogen-bond acceptors (Lipinski definition) is 5. The van der Waals surface area contributed by atoms with Crippen LogP contribution in [-0.4, -0.2) is 35.6 Å². The lowest BCUT2D eigenvalue weighted by Crippen LogP contribution is -2.42. The number of fused-ring (bicyclic) bond motifs is 1. The van der Waals surface area contributed by atoms with E-state index in [0.717, 1.165) is 49.6 Å². The maximum Gasteiger partial charge on any atom is 0.225 e. The molecule has 1 atom stereocenters. The zero-order valence-electron chi connectivity index (χ0n) is 14.1. The molecule has 1 aromatic heterocycles. The van der Waals surface area contributed by atoms with Gasteiger partial charge in [-0.1, -0.05) is 18.2 Å². The molecule has 0 aliphatic carbocycles. The van der Waals surface area contributed by atoms with E-state index in [1.165, 1.54) is 0 Å². The second-order valence-corrected chi connectivity index (χ2v) is 6.55. The number of piperidine rings is 1. The van der Waals surface area contributed by atoms with Crippen molar-refractivity contribution in [2.75, 3.05) is 24.6 Å². The molecule has 1 amide bonds. The minimum Gasteiger partial charge on any atom is -0.493 e. The van der Waals surface area contributed by atoms with E-state index in [1.54, 1.807) is 12.4 Å². The van der Waals surface area contributed by atoms with Gasteiger partial charge in [-0.3, -0.25) is 4.79 Å². The van der Waals surface area contributed by atoms with Crippen LogP contribution in [0.5, 0.6) is 5.75 Å². The second kappa shape index (κ2) is 7.09. The molecule has 25 heavy (non-hydrogen) atoms. The number of amides is 1. The minimum absolute atomic E-state index is 0.0490. The highest BCUT2D eigenvalue weighted by atomic mass is 16.5. The van der Waals surface area contributed by atoms with E-state index in [0.29, 0.717) is 6.61 Å². The third kappa shape index (κ3) is 3.43. The summed E-state index contributed by atoms with van der Waals surface area (Å²) >= 11 is 0. The second-order valence-electron chi connectivity index (χ2n) is 6.55. The van der Waals surface area contributed by atoms with Crippen molar-refractivity contribution in [3.05, 3.63) is 48.3 Å². The van der Waals surface area contributed by atoms with Crippen LogP contribution in [0.3, 0.4) is 0 Å². The highest BCUT2D eigenvalue weighted by Gasteiger charge is 2.29. The molecule has 1 saturated heterocycles. The molecule has 6 nitrogen and oxygen atoms in total. The Hall–Kier alpha value is -2.63. The molecule has 0 bridgehead atoms. The number of rotatable bonds is 3. The molecule has 1 N–H and O–H groups in total. The zero-order chi connectivity index (χ0) is 17.1. The molecule has 6 heteroatoms. The minimum atomic E-state index is 0.0490. The molecule has 0 spiro atoms. The van der Waals surface area contributed by atoms with Crippen LogP contribution in [0, 0.1) is 5.92 Å². The molecule has 130 valence electrons. The number of nitrogens with zero attached hydrogens (tertiary/aromatic N) is 3. The van der Waals surface area contributed by atoms with Crippen molar-refractivity contribution in [2.24, 2.45) is 5.92 Å². The largest absolute Gasteiger partial charge is 0.493 e. The quantitative estimate of drug-likeness (QED) is 0.930. The molecule has 0 radical (unpaired) electrons. The predicted molar refractivity (Wildman–Crippen MR) is 94.4 cm³/mol. The Morgan fingerprint density at radius 1 is 1.08 bits per heavy atom. The Bertz CT molecular complexity index is 729. The predicted octanol–water partition coefficient (Wildman–Crippen LogP) is 2.33. The molecule has 0 saturated carbocycles. The van der Waals surface area contributed by atoms with Crippen LogP contribution in [0.2, 0.25) is 0 Å². The molecule has 0 unspecified atom stereocenters. The van der Waals surface area contributed by atoms with Gasteiger partial charge in [0.05, 0.1) is 12.6 Å². The summed E-state index contributed by atoms with van der Waals surface area (Å²) in [5.74, 6) is 1.83. The summed E-state index contributed by atoms with van der Waals surface area (Å²) in [6, 6.07) is 9.82. The van der Waals surface area contributed by atoms with E-state index in [1.807, 2.05) is 30.3 Å². The lowest BCUT2D eigenvalue weighted by Gasteiger charge is -2.33. The van der Waals surface area contributed by atoms with Crippen LogP contribution in [-0.2, 0) is 4.79 Å². The number of carbonyl (C=O) groups excluding carboxylic acids is 1. The van der Waals surface area contributed by atoms with Crippen LogP contribution in [0.15, 0.2) is 42.7 Å². The molecule has 1 fully saturated rings. The maximum absolute atomic E-state index is 12.7. The summed E-state index contributed by atoms with van der Waals surface area (Å²) in [6.07, 6.45) is 5.98. The van der Waals surface area contributed by atoms with Crippen molar-refractivity contribution < 1.29 is 9.53 Å². The molecule has 2 aliphatic rings. The normalized spacial score (nSPS) is 20.5. The average Bonchev–Trinajstić information content (AvgIpc) is 2.69. The number of carbonyl (C=O) groups is 1. The van der Waals surface area contributed by atoms with Gasteiger partial charge in [0.1, 0.15) is 5.75 Å². The fourth-order valence-corrected chi connectivity index (χ4v) is 3.58. The highest BCUT2D eigenvalue weighted by molar-refractivity contribution is 5.79. The summed E-state index contributed by atoms with van der Waals surface area (Å²) in [5.41, 5.74) is 1.08. The summed E-state index contributed by atoms with van der Waals surface area (Å²) in [5, 5.41) is 3.23. The Morgan fingerprint density at radius 2 is 1.84 bits per heavy atom. The van der Waals surface area contributed by atoms with Crippen molar-refractivity contribution in [1.82, 2.24) is 15.3 Å². The monoisotopic (exact) mass is 338 g/mol. The SMILES string of the molecule is O=C(N[C@@H]1CCOc2ccccc21)C1CCN(c2ncccn2)CC1. The van der Waals surface area contributed by atoms with Gasteiger partial charge in [0.2, 0.25) is 11.9 Å². The van der Waals surface area contributed by atoms with Crippen LogP contribution < -0.4 is 15.0 Å². The van der Waals surface area contributed by atoms with Crippen molar-refractivity contribution in [1.29, 1.82) is 0 Å². The van der Waals surface area contributed by atoms with E-state index in [4.69, 9.17) is 4.74 Å². The van der Waals surface area contributed by atoms with Gasteiger partial charge in [0, 0.05) is 43.4 Å². The molecule has 4 rings (SSSR count). The van der Waals surface area contributed by atoms with Gasteiger partial charge in [-0.05, 0) is 25.0 Å². The van der Waals surface area contributed by atoms with Crippen LogP contribution in [0.1, 0.15) is 30.9 Å². The standard InChI is InChI=1S/C19H22N4O2/c24-18(22-16-8-13-25-17-5-2-1-4-15(16)17)14-6-11-23(12-7-14)19-20-9-3-10-21-19/h1-5,9-10,14,16H,6-8,11-13H2,(H,22,24)/t16-/m1/s1. The lowest BCUT2D eigenvalue weighted by molar-refractivity contribution is -0.126. The molecule has 2 aromatic rings. The zero-order valence-corrected chi connectivity index (χ0v) is 14.1. The van der Waals surface area contributed by atoms with E-state index in [9.17, 15) is 4.79 Å². The highest BCUT2D eigenvalue weighted by Crippen LogP contribution is 2.32. The maximum atomic E-state index is 12.7. The number of benzene rings is 1. The van der Waals surface area contributed by atoms with E-state index in [2.05, 4.69) is 20.2 Å². The molecular weight excluding hydrogens is 316 g/mol. The number of anilines is 1. The topological polar surface area (TPSA) is 67.3 Å². The molecule has 1 aromatic carbocycles. The first-order chi connectivity index (χ1) is 12.3. The van der Waals surface area contributed by atoms with Gasteiger partial charge >= 0.3 is 0 Å². The molecule has 2 aliphatic heterocycles. The van der Waals surface area contributed by atoms with Crippen LogP contribution in [0.4, 0.5) is 5.95 Å². The van der Waals surface area contributed by atoms with Crippen molar-refractivity contribution in [3.63, 3.8) is 0 Å². The van der Waals surface area contributed by atoms with Crippen molar-refractivity contribution >= 4 is 11.9 Å². The van der Waals surface area contributed by atoms with E-state index < -0.39 is 0 Å². The third-order valence-electron chi connectivity index (χ3n) is 4.98. The fourth-order valence-electron chi connectivity index (χ4n) is 3.58. The van der Waals surface area contributed by atoms with Crippen molar-refractivity contribution in [3.8, 4) is 5.75 Å². The number of ether oxygens (including phenoxy) is 1. The number of aromatic nitrogens is 2. The lowest BCUT2D eigenvalue weighted by atomic mass is 9.94. The van der Waals surface area contributed by atoms with Gasteiger partial charge in [-0.15, -0.1) is 0 Å². The number of para-hydroxylation sites is 1. The first kappa shape index (κ1) is 15.9. The molecule has 3 heterocycles. The van der Waals surface area contributed by atoms with Gasteiger partial charge in [-0.25, -0.2) is 9.97 Å². The molecular formula is C19H22N4O2. The Kier molecular flexibility index (Phi) is 4.50. The first-order valence-electron chi connectivity index (χ1n) is 8.85. The van der Waals surface area contributed by atoms with Gasteiger partial charge in [0.25, 0.3) is 0 Å². The number of nitrogens with one attached hydrogen (secondary N) is 1. The van der Waals surface area contributed by atoms with Crippen molar-refractivity contribution in [2.45, 2.75) is 25.3 Å². The number of hydrogen-bond donors (Lipinski definition) is 1. The Balaban J connectivity index is 1.36. The van der Waals surface area contributed by atoms with Gasteiger partial charge < -0.3 is 15.0 Å². The Labute approximate surface area is 147 Å².